The molecule has 1 aliphatic carbocycles. The molecule has 3 heterocycles. The number of piperidine rings is 1. The summed E-state index contributed by atoms with van der Waals surface area (Å²) < 4.78 is 0.647. The first kappa shape index (κ1) is 22.1. The quantitative estimate of drug-likeness (QED) is 0.532. The van der Waals surface area contributed by atoms with Gasteiger partial charge >= 0.3 is 0 Å². The Labute approximate surface area is 198 Å². The summed E-state index contributed by atoms with van der Waals surface area (Å²) in [4.78, 5) is 35.8. The van der Waals surface area contributed by atoms with E-state index in [1.807, 2.05) is 5.38 Å². The number of carbonyl (C=O) groups is 1. The zero-order chi connectivity index (χ0) is 22.8. The molecule has 1 atom stereocenters. The number of nitrogens with zero attached hydrogens (tertiary/aromatic N) is 2. The van der Waals surface area contributed by atoms with E-state index in [1.165, 1.54) is 42.6 Å². The molecule has 0 unspecified atom stereocenters. The van der Waals surface area contributed by atoms with Crippen molar-refractivity contribution in [1.29, 1.82) is 0 Å². The second-order valence-electron chi connectivity index (χ2n) is 9.56. The maximum Gasteiger partial charge on any atom is 0.270 e. The molecule has 33 heavy (non-hydrogen) atoms. The maximum absolute atomic E-state index is 13.0. The van der Waals surface area contributed by atoms with E-state index in [0.29, 0.717) is 23.2 Å². The number of aromatic amines is 1. The van der Waals surface area contributed by atoms with E-state index < -0.39 is 0 Å². The number of hydrogen-bond donors (Lipinski definition) is 2. The second-order valence-corrected chi connectivity index (χ2v) is 10.4. The van der Waals surface area contributed by atoms with Crippen LogP contribution < -0.4 is 15.8 Å². The SMILES string of the molecule is Cc1ccc(-c2csc3c(=O)[nH]c(N4CCC[C@H](C(=O)NC5CCCCCC5)C4)nc23)cc1. The van der Waals surface area contributed by atoms with Crippen LogP contribution in [0.4, 0.5) is 5.95 Å². The number of hydrogen-bond acceptors (Lipinski definition) is 5. The third-order valence-corrected chi connectivity index (χ3v) is 8.04. The van der Waals surface area contributed by atoms with Crippen molar-refractivity contribution in [2.24, 2.45) is 5.92 Å². The van der Waals surface area contributed by atoms with Crippen molar-refractivity contribution in [3.63, 3.8) is 0 Å². The van der Waals surface area contributed by atoms with Crippen molar-refractivity contribution < 1.29 is 4.79 Å². The van der Waals surface area contributed by atoms with E-state index in [1.54, 1.807) is 0 Å². The molecule has 1 saturated heterocycles. The number of carbonyl (C=O) groups excluding carboxylic acids is 1. The number of rotatable bonds is 4. The first-order valence-corrected chi connectivity index (χ1v) is 13.1. The van der Waals surface area contributed by atoms with Crippen molar-refractivity contribution in [3.8, 4) is 11.1 Å². The summed E-state index contributed by atoms with van der Waals surface area (Å²) in [7, 11) is 0. The van der Waals surface area contributed by atoms with Crippen LogP contribution in [-0.4, -0.2) is 35.0 Å². The summed E-state index contributed by atoms with van der Waals surface area (Å²) in [5.41, 5.74) is 3.89. The van der Waals surface area contributed by atoms with E-state index >= 15 is 0 Å². The van der Waals surface area contributed by atoms with Gasteiger partial charge in [-0.2, -0.15) is 0 Å². The fraction of sp³-hybridized carbons (Fsp3) is 0.500. The lowest BCUT2D eigenvalue weighted by atomic mass is 9.96. The highest BCUT2D eigenvalue weighted by Crippen LogP contribution is 2.32. The summed E-state index contributed by atoms with van der Waals surface area (Å²) in [6, 6.07) is 8.62. The average molecular weight is 465 g/mol. The number of aryl methyl sites for hydroxylation is 1. The molecule has 5 rings (SSSR count). The van der Waals surface area contributed by atoms with Crippen LogP contribution in [0.25, 0.3) is 21.3 Å². The molecule has 0 radical (unpaired) electrons. The Bertz CT molecular complexity index is 1180. The van der Waals surface area contributed by atoms with Crippen LogP contribution >= 0.6 is 11.3 Å². The normalized spacial score (nSPS) is 20.0. The van der Waals surface area contributed by atoms with Gasteiger partial charge in [0.15, 0.2) is 0 Å². The molecule has 3 aromatic rings. The second kappa shape index (κ2) is 9.67. The predicted molar refractivity (Wildman–Crippen MR) is 135 cm³/mol. The third kappa shape index (κ3) is 4.83. The molecule has 2 N–H and O–H groups in total. The van der Waals surface area contributed by atoms with Gasteiger partial charge in [0.1, 0.15) is 4.70 Å². The number of aromatic nitrogens is 2. The largest absolute Gasteiger partial charge is 0.353 e. The Hall–Kier alpha value is -2.67. The molecule has 7 heteroatoms. The maximum atomic E-state index is 13.0. The fourth-order valence-corrected chi connectivity index (χ4v) is 6.04. The minimum atomic E-state index is -0.108. The first-order chi connectivity index (χ1) is 16.1. The van der Waals surface area contributed by atoms with Gasteiger partial charge < -0.3 is 10.2 Å². The summed E-state index contributed by atoms with van der Waals surface area (Å²) in [5.74, 6) is 0.666. The van der Waals surface area contributed by atoms with Crippen LogP contribution in [-0.2, 0) is 4.79 Å². The van der Waals surface area contributed by atoms with Crippen LogP contribution in [0.3, 0.4) is 0 Å². The number of anilines is 1. The zero-order valence-electron chi connectivity index (χ0n) is 19.2. The molecular formula is C26H32N4O2S. The van der Waals surface area contributed by atoms with Gasteiger partial charge in [-0.25, -0.2) is 4.98 Å². The molecule has 2 fully saturated rings. The zero-order valence-corrected chi connectivity index (χ0v) is 20.0. The van der Waals surface area contributed by atoms with Crippen molar-refractivity contribution in [3.05, 3.63) is 45.6 Å². The number of benzene rings is 1. The minimum absolute atomic E-state index is 0.0676. The molecule has 1 aromatic carbocycles. The van der Waals surface area contributed by atoms with Crippen molar-refractivity contribution in [1.82, 2.24) is 15.3 Å². The Morgan fingerprint density at radius 1 is 1.09 bits per heavy atom. The number of fused-ring (bicyclic) bond motifs is 1. The van der Waals surface area contributed by atoms with Gasteiger partial charge in [0.05, 0.1) is 11.4 Å². The van der Waals surface area contributed by atoms with Crippen LogP contribution in [0, 0.1) is 12.8 Å². The average Bonchev–Trinajstić information content (AvgIpc) is 3.09. The van der Waals surface area contributed by atoms with Gasteiger partial charge in [0.25, 0.3) is 5.56 Å². The number of thiophene rings is 1. The summed E-state index contributed by atoms with van der Waals surface area (Å²) in [6.07, 6.45) is 8.94. The Balaban J connectivity index is 1.37. The van der Waals surface area contributed by atoms with Crippen molar-refractivity contribution in [2.75, 3.05) is 18.0 Å². The fourth-order valence-electron chi connectivity index (χ4n) is 5.13. The van der Waals surface area contributed by atoms with E-state index in [-0.39, 0.29) is 17.4 Å². The molecule has 0 bridgehead atoms. The highest BCUT2D eigenvalue weighted by atomic mass is 32.1. The molecule has 1 amide bonds. The molecule has 1 aliphatic heterocycles. The summed E-state index contributed by atoms with van der Waals surface area (Å²) in [5, 5.41) is 5.33. The molecule has 6 nitrogen and oxygen atoms in total. The highest BCUT2D eigenvalue weighted by molar-refractivity contribution is 7.17. The number of amides is 1. The van der Waals surface area contributed by atoms with Gasteiger partial charge in [-0.15, -0.1) is 11.3 Å². The van der Waals surface area contributed by atoms with E-state index in [2.05, 4.69) is 46.4 Å². The van der Waals surface area contributed by atoms with Gasteiger partial charge in [-0.3, -0.25) is 14.6 Å². The van der Waals surface area contributed by atoms with Crippen molar-refractivity contribution >= 4 is 33.4 Å². The van der Waals surface area contributed by atoms with Crippen LogP contribution in [0.15, 0.2) is 34.4 Å². The lowest BCUT2D eigenvalue weighted by Crippen LogP contribution is -2.46. The van der Waals surface area contributed by atoms with Crippen LogP contribution in [0.2, 0.25) is 0 Å². The molecule has 2 aliphatic rings. The highest BCUT2D eigenvalue weighted by Gasteiger charge is 2.29. The monoisotopic (exact) mass is 464 g/mol. The lowest BCUT2D eigenvalue weighted by molar-refractivity contribution is -0.126. The van der Waals surface area contributed by atoms with E-state index in [9.17, 15) is 9.59 Å². The van der Waals surface area contributed by atoms with Crippen molar-refractivity contribution in [2.45, 2.75) is 64.3 Å². The third-order valence-electron chi connectivity index (χ3n) is 7.07. The van der Waals surface area contributed by atoms with Gasteiger partial charge in [0.2, 0.25) is 11.9 Å². The summed E-state index contributed by atoms with van der Waals surface area (Å²) in [6.45, 7) is 3.46. The smallest absolute Gasteiger partial charge is 0.270 e. The Kier molecular flexibility index (Phi) is 6.49. The lowest BCUT2D eigenvalue weighted by Gasteiger charge is -2.33. The molecule has 174 valence electrons. The summed E-state index contributed by atoms with van der Waals surface area (Å²) >= 11 is 1.43. The topological polar surface area (TPSA) is 78.1 Å². The standard InChI is InChI=1S/C26H32N4O2S/c1-17-10-12-18(13-11-17)21-16-33-23-22(21)28-26(29-25(23)32)30-14-6-7-19(15-30)24(31)27-20-8-4-2-3-5-9-20/h10-13,16,19-20H,2-9,14-15H2,1H3,(H,27,31)(H,28,29,32)/t19-/m0/s1. The number of H-pyrrole nitrogens is 1. The minimum Gasteiger partial charge on any atom is -0.353 e. The van der Waals surface area contributed by atoms with Gasteiger partial charge in [-0.05, 0) is 38.2 Å². The molecule has 1 saturated carbocycles. The molecule has 2 aromatic heterocycles. The Morgan fingerprint density at radius 2 is 1.85 bits per heavy atom. The van der Waals surface area contributed by atoms with E-state index in [4.69, 9.17) is 4.98 Å². The Morgan fingerprint density at radius 3 is 2.61 bits per heavy atom. The van der Waals surface area contributed by atoms with E-state index in [0.717, 1.165) is 48.9 Å². The van der Waals surface area contributed by atoms with Crippen LogP contribution in [0.1, 0.15) is 56.9 Å². The molecular weight excluding hydrogens is 432 g/mol. The van der Waals surface area contributed by atoms with Crippen LogP contribution in [0.5, 0.6) is 0 Å². The first-order valence-electron chi connectivity index (χ1n) is 12.2. The van der Waals surface area contributed by atoms with Gasteiger partial charge in [-0.1, -0.05) is 55.5 Å². The predicted octanol–water partition coefficient (Wildman–Crippen LogP) is 5.02. The van der Waals surface area contributed by atoms with Gasteiger partial charge in [0, 0.05) is 30.1 Å². The number of nitrogens with one attached hydrogen (secondary N) is 2. The molecule has 0 spiro atoms.